The first-order valence-electron chi connectivity index (χ1n) is 3.28. The smallest absolute Gasteiger partial charge is 0.107 e. The topological polar surface area (TPSA) is 49.7 Å². The predicted octanol–water partition coefficient (Wildman–Crippen LogP) is 1.30. The number of hydrogen-bond acceptors (Lipinski definition) is 3. The van der Waals surface area contributed by atoms with Gasteiger partial charge in [0.15, 0.2) is 0 Å². The molecule has 0 rings (SSSR count). The molecule has 0 spiro atoms. The fourth-order valence-electron chi connectivity index (χ4n) is 0.617. The van der Waals surface area contributed by atoms with Gasteiger partial charge in [0.2, 0.25) is 0 Å². The van der Waals surface area contributed by atoms with Crippen LogP contribution in [0.3, 0.4) is 0 Å². The van der Waals surface area contributed by atoms with E-state index < -0.39 is 6.10 Å². The van der Waals surface area contributed by atoms with Gasteiger partial charge in [0.25, 0.3) is 0 Å². The number of aliphatic hydroxyl groups is 1. The second-order valence-electron chi connectivity index (χ2n) is 2.11. The van der Waals surface area contributed by atoms with Crippen molar-refractivity contribution >= 4 is 0 Å². The van der Waals surface area contributed by atoms with Crippen LogP contribution in [0.5, 0.6) is 0 Å². The highest BCUT2D eigenvalue weighted by Crippen LogP contribution is 1.99. The summed E-state index contributed by atoms with van der Waals surface area (Å²) in [7, 11) is 0. The SMILES string of the molecule is CCCCC(O)CN=O. The molecule has 1 atom stereocenters. The van der Waals surface area contributed by atoms with Crippen molar-refractivity contribution in [1.82, 2.24) is 0 Å². The summed E-state index contributed by atoms with van der Waals surface area (Å²) in [4.78, 5) is 9.57. The lowest BCUT2D eigenvalue weighted by molar-refractivity contribution is 0.170. The van der Waals surface area contributed by atoms with Crippen LogP contribution < -0.4 is 0 Å². The van der Waals surface area contributed by atoms with Crippen LogP contribution in [0.2, 0.25) is 0 Å². The molecule has 9 heavy (non-hydrogen) atoms. The molecule has 0 aliphatic carbocycles. The van der Waals surface area contributed by atoms with Crippen LogP contribution in [-0.4, -0.2) is 17.8 Å². The van der Waals surface area contributed by atoms with Gasteiger partial charge in [0.05, 0.1) is 6.10 Å². The highest BCUT2D eigenvalue weighted by atomic mass is 16.3. The summed E-state index contributed by atoms with van der Waals surface area (Å²) in [5, 5.41) is 11.5. The van der Waals surface area contributed by atoms with E-state index in [1.807, 2.05) is 6.92 Å². The Bertz CT molecular complexity index is 75.5. The third-order valence-electron chi connectivity index (χ3n) is 1.18. The summed E-state index contributed by atoms with van der Waals surface area (Å²) >= 11 is 0. The molecule has 0 amide bonds. The molecule has 0 heterocycles. The number of aliphatic hydroxyl groups excluding tert-OH is 1. The molecule has 0 saturated carbocycles. The summed E-state index contributed by atoms with van der Waals surface area (Å²) in [5.41, 5.74) is 0. The van der Waals surface area contributed by atoms with Crippen LogP contribution in [0.4, 0.5) is 0 Å². The van der Waals surface area contributed by atoms with E-state index in [0.29, 0.717) is 6.42 Å². The van der Waals surface area contributed by atoms with Gasteiger partial charge in [-0.25, -0.2) is 0 Å². The van der Waals surface area contributed by atoms with Gasteiger partial charge >= 0.3 is 0 Å². The maximum atomic E-state index is 9.57. The van der Waals surface area contributed by atoms with E-state index in [4.69, 9.17) is 5.11 Å². The maximum absolute atomic E-state index is 9.57. The molecule has 0 radical (unpaired) electrons. The molecule has 0 fully saturated rings. The lowest BCUT2D eigenvalue weighted by Gasteiger charge is -2.02. The van der Waals surface area contributed by atoms with Crippen molar-refractivity contribution in [3.8, 4) is 0 Å². The molecular weight excluding hydrogens is 118 g/mol. The van der Waals surface area contributed by atoms with Gasteiger partial charge in [-0.2, -0.15) is 4.91 Å². The van der Waals surface area contributed by atoms with Gasteiger partial charge in [-0.3, -0.25) is 0 Å². The lowest BCUT2D eigenvalue weighted by Crippen LogP contribution is -2.09. The normalized spacial score (nSPS) is 13.1. The van der Waals surface area contributed by atoms with Crippen LogP contribution in [0.25, 0.3) is 0 Å². The zero-order valence-electron chi connectivity index (χ0n) is 5.71. The number of nitroso groups, excluding NO2 is 1. The molecule has 0 aliphatic rings. The quantitative estimate of drug-likeness (QED) is 0.572. The molecule has 0 bridgehead atoms. The first-order valence-corrected chi connectivity index (χ1v) is 3.28. The molecule has 0 saturated heterocycles. The van der Waals surface area contributed by atoms with E-state index in [2.05, 4.69) is 5.18 Å². The summed E-state index contributed by atoms with van der Waals surface area (Å²) in [6.07, 6.45) is 2.21. The molecular formula is C6H13NO2. The Morgan fingerprint density at radius 2 is 2.33 bits per heavy atom. The van der Waals surface area contributed by atoms with Gasteiger partial charge in [-0.1, -0.05) is 24.9 Å². The Labute approximate surface area is 55.1 Å². The average Bonchev–Trinajstić information content (AvgIpc) is 1.85. The molecule has 0 aromatic heterocycles. The van der Waals surface area contributed by atoms with Gasteiger partial charge < -0.3 is 5.11 Å². The van der Waals surface area contributed by atoms with Crippen molar-refractivity contribution in [3.63, 3.8) is 0 Å². The minimum absolute atomic E-state index is 0.0417. The van der Waals surface area contributed by atoms with Crippen LogP contribution in [0.15, 0.2) is 5.18 Å². The van der Waals surface area contributed by atoms with E-state index in [-0.39, 0.29) is 6.54 Å². The number of rotatable bonds is 5. The number of unbranched alkanes of at least 4 members (excludes halogenated alkanes) is 1. The van der Waals surface area contributed by atoms with Crippen molar-refractivity contribution in [3.05, 3.63) is 4.91 Å². The molecule has 0 aliphatic heterocycles. The van der Waals surface area contributed by atoms with Crippen molar-refractivity contribution in [2.45, 2.75) is 32.3 Å². The maximum Gasteiger partial charge on any atom is 0.107 e. The Balaban J connectivity index is 3.04. The van der Waals surface area contributed by atoms with Crippen LogP contribution >= 0.6 is 0 Å². The van der Waals surface area contributed by atoms with Crippen molar-refractivity contribution in [1.29, 1.82) is 0 Å². The third-order valence-corrected chi connectivity index (χ3v) is 1.18. The van der Waals surface area contributed by atoms with Crippen molar-refractivity contribution in [2.24, 2.45) is 5.18 Å². The number of hydrogen-bond donors (Lipinski definition) is 1. The van der Waals surface area contributed by atoms with Crippen LogP contribution in [-0.2, 0) is 0 Å². The second-order valence-corrected chi connectivity index (χ2v) is 2.11. The van der Waals surface area contributed by atoms with Gasteiger partial charge in [-0.05, 0) is 6.42 Å². The molecule has 0 aromatic rings. The number of nitrogens with zero attached hydrogens (tertiary/aromatic N) is 1. The molecule has 1 N–H and O–H groups in total. The van der Waals surface area contributed by atoms with Crippen LogP contribution in [0, 0.1) is 4.91 Å². The zero-order valence-corrected chi connectivity index (χ0v) is 5.71. The van der Waals surface area contributed by atoms with E-state index in [9.17, 15) is 4.91 Å². The lowest BCUT2D eigenvalue weighted by atomic mass is 10.2. The van der Waals surface area contributed by atoms with E-state index >= 15 is 0 Å². The standard InChI is InChI=1S/C6H13NO2/c1-2-3-4-6(8)5-7-9/h6,8H,2-5H2,1H3. The molecule has 1 unspecified atom stereocenters. The van der Waals surface area contributed by atoms with E-state index in [1.54, 1.807) is 0 Å². The van der Waals surface area contributed by atoms with Gasteiger partial charge in [-0.15, -0.1) is 0 Å². The molecule has 3 heteroatoms. The summed E-state index contributed by atoms with van der Waals surface area (Å²) in [6, 6.07) is 0. The van der Waals surface area contributed by atoms with Crippen molar-refractivity contribution < 1.29 is 5.11 Å². The average molecular weight is 131 g/mol. The predicted molar refractivity (Wildman–Crippen MR) is 36.2 cm³/mol. The van der Waals surface area contributed by atoms with Crippen molar-refractivity contribution in [2.75, 3.05) is 6.54 Å². The fourth-order valence-corrected chi connectivity index (χ4v) is 0.617. The minimum atomic E-state index is -0.512. The molecule has 0 aromatic carbocycles. The highest BCUT2D eigenvalue weighted by Gasteiger charge is 2.00. The largest absolute Gasteiger partial charge is 0.391 e. The Morgan fingerprint density at radius 3 is 2.78 bits per heavy atom. The van der Waals surface area contributed by atoms with Crippen LogP contribution in [0.1, 0.15) is 26.2 Å². The van der Waals surface area contributed by atoms with Gasteiger partial charge in [0, 0.05) is 0 Å². The minimum Gasteiger partial charge on any atom is -0.391 e. The van der Waals surface area contributed by atoms with E-state index in [0.717, 1.165) is 12.8 Å². The molecule has 54 valence electrons. The summed E-state index contributed by atoms with van der Waals surface area (Å²) in [5.74, 6) is 0. The first-order chi connectivity index (χ1) is 4.31. The third kappa shape index (κ3) is 5.43. The second kappa shape index (κ2) is 5.69. The summed E-state index contributed by atoms with van der Waals surface area (Å²) in [6.45, 7) is 2.08. The Hall–Kier alpha value is -0.440. The van der Waals surface area contributed by atoms with Gasteiger partial charge in [0.1, 0.15) is 6.54 Å². The summed E-state index contributed by atoms with van der Waals surface area (Å²) < 4.78 is 0. The Morgan fingerprint density at radius 1 is 1.67 bits per heavy atom. The van der Waals surface area contributed by atoms with E-state index in [1.165, 1.54) is 0 Å². The highest BCUT2D eigenvalue weighted by molar-refractivity contribution is 4.56. The fraction of sp³-hybridized carbons (Fsp3) is 1.00. The Kier molecular flexibility index (Phi) is 5.41. The molecule has 3 nitrogen and oxygen atoms in total. The zero-order chi connectivity index (χ0) is 7.11. The monoisotopic (exact) mass is 131 g/mol. The first kappa shape index (κ1) is 8.56.